The summed E-state index contributed by atoms with van der Waals surface area (Å²) in [5.41, 5.74) is 6.42. The molecule has 0 N–H and O–H groups in total. The van der Waals surface area contributed by atoms with E-state index in [0.29, 0.717) is 0 Å². The summed E-state index contributed by atoms with van der Waals surface area (Å²) in [5.74, 6) is 2.65. The first-order valence-corrected chi connectivity index (χ1v) is 7.10. The number of imidazole rings is 3. The Balaban J connectivity index is 2.49. The quantitative estimate of drug-likeness (QED) is 0.498. The molecule has 0 atom stereocenters. The minimum atomic E-state index is 0.885. The second kappa shape index (κ2) is 3.63. The highest BCUT2D eigenvalue weighted by Crippen LogP contribution is 2.23. The van der Waals surface area contributed by atoms with E-state index in [1.54, 1.807) is 0 Å². The smallest absolute Gasteiger partial charge is 0.224 e. The molecule has 0 radical (unpaired) electrons. The predicted molar refractivity (Wildman–Crippen MR) is 81.1 cm³/mol. The lowest BCUT2D eigenvalue weighted by atomic mass is 10.4. The Morgan fingerprint density at radius 1 is 0.476 bits per heavy atom. The van der Waals surface area contributed by atoms with Gasteiger partial charge < -0.3 is 0 Å². The maximum Gasteiger partial charge on any atom is 0.224 e. The number of aryl methyl sites for hydroxylation is 6. The van der Waals surface area contributed by atoms with Gasteiger partial charge in [-0.2, -0.15) is 0 Å². The minimum Gasteiger partial charge on any atom is -0.251 e. The van der Waals surface area contributed by atoms with Gasteiger partial charge in [-0.05, 0) is 41.5 Å². The molecule has 0 unspecified atom stereocenters. The molecule has 0 aliphatic rings. The van der Waals surface area contributed by atoms with Crippen molar-refractivity contribution in [2.45, 2.75) is 41.5 Å². The lowest BCUT2D eigenvalue weighted by molar-refractivity contribution is 0.933. The van der Waals surface area contributed by atoms with Gasteiger partial charge in [0.05, 0.1) is 17.1 Å². The molecule has 108 valence electrons. The van der Waals surface area contributed by atoms with E-state index in [4.69, 9.17) is 15.0 Å². The average Bonchev–Trinajstić information content (AvgIpc) is 2.99. The van der Waals surface area contributed by atoms with E-state index < -0.39 is 0 Å². The highest BCUT2D eigenvalue weighted by Gasteiger charge is 2.20. The van der Waals surface area contributed by atoms with Crippen molar-refractivity contribution in [3.8, 4) is 0 Å². The second-order valence-electron chi connectivity index (χ2n) is 5.75. The molecule has 4 heterocycles. The van der Waals surface area contributed by atoms with Gasteiger partial charge in [0.25, 0.3) is 0 Å². The van der Waals surface area contributed by atoms with Crippen LogP contribution in [-0.2, 0) is 0 Å². The molecule has 0 aromatic carbocycles. The standard InChI is InChI=1S/C15H18N6/c1-7-10(4)19-13(16-7)20-11(5)8(2)18-15(20)21-12(6)9(3)17-14(19)21/h1-6H3. The maximum atomic E-state index is 4.74. The van der Waals surface area contributed by atoms with E-state index in [1.807, 2.05) is 20.8 Å². The van der Waals surface area contributed by atoms with E-state index in [9.17, 15) is 0 Å². The molecule has 0 aliphatic heterocycles. The van der Waals surface area contributed by atoms with Gasteiger partial charge in [0.15, 0.2) is 0 Å². The van der Waals surface area contributed by atoms with Crippen LogP contribution in [-0.4, -0.2) is 28.2 Å². The largest absolute Gasteiger partial charge is 0.251 e. The molecule has 0 saturated carbocycles. The third-order valence-corrected chi connectivity index (χ3v) is 4.58. The Labute approximate surface area is 122 Å². The van der Waals surface area contributed by atoms with Gasteiger partial charge in [0, 0.05) is 17.1 Å². The third kappa shape index (κ3) is 1.30. The van der Waals surface area contributed by atoms with Gasteiger partial charge >= 0.3 is 0 Å². The number of nitrogens with zero attached hydrogens (tertiary/aromatic N) is 6. The maximum absolute atomic E-state index is 4.74. The van der Waals surface area contributed by atoms with Crippen molar-refractivity contribution in [2.24, 2.45) is 0 Å². The summed E-state index contributed by atoms with van der Waals surface area (Å²) >= 11 is 0. The Morgan fingerprint density at radius 2 is 0.714 bits per heavy atom. The van der Waals surface area contributed by atoms with Crippen LogP contribution in [0, 0.1) is 41.5 Å². The zero-order chi connectivity index (χ0) is 15.0. The Morgan fingerprint density at radius 3 is 0.952 bits per heavy atom. The number of hydrogen-bond donors (Lipinski definition) is 0. The van der Waals surface area contributed by atoms with Crippen molar-refractivity contribution in [1.82, 2.24) is 28.2 Å². The van der Waals surface area contributed by atoms with E-state index in [0.717, 1.165) is 51.5 Å². The SMILES string of the molecule is Cc1nc2n(c1C)c1nc(C)c(C)n1c1nc(C)c(C)n21. The molecule has 0 fully saturated rings. The monoisotopic (exact) mass is 282 g/mol. The summed E-state index contributed by atoms with van der Waals surface area (Å²) in [5, 5.41) is 0. The Hall–Kier alpha value is -2.37. The lowest BCUT2D eigenvalue weighted by Gasteiger charge is -2.06. The fourth-order valence-corrected chi connectivity index (χ4v) is 2.95. The van der Waals surface area contributed by atoms with Crippen LogP contribution < -0.4 is 0 Å². The van der Waals surface area contributed by atoms with Crippen LogP contribution in [0.15, 0.2) is 0 Å². The van der Waals surface area contributed by atoms with Crippen LogP contribution in [0.3, 0.4) is 0 Å². The molecule has 0 saturated heterocycles. The zero-order valence-corrected chi connectivity index (χ0v) is 13.2. The minimum absolute atomic E-state index is 0.885. The molecule has 4 aromatic rings. The van der Waals surface area contributed by atoms with E-state index in [1.165, 1.54) is 0 Å². The highest BCUT2D eigenvalue weighted by molar-refractivity contribution is 5.59. The normalized spacial score (nSPS) is 12.3. The number of aromatic nitrogens is 6. The van der Waals surface area contributed by atoms with Gasteiger partial charge in [-0.1, -0.05) is 0 Å². The summed E-state index contributed by atoms with van der Waals surface area (Å²) in [4.78, 5) is 14.2. The number of fused-ring (bicyclic) bond motifs is 6. The molecule has 0 bridgehead atoms. The zero-order valence-electron chi connectivity index (χ0n) is 13.2. The first-order valence-electron chi connectivity index (χ1n) is 7.10. The third-order valence-electron chi connectivity index (χ3n) is 4.58. The van der Waals surface area contributed by atoms with Crippen molar-refractivity contribution in [3.05, 3.63) is 34.2 Å². The molecular formula is C15H18N6. The Kier molecular flexibility index (Phi) is 2.14. The van der Waals surface area contributed by atoms with Crippen molar-refractivity contribution in [3.63, 3.8) is 0 Å². The highest BCUT2D eigenvalue weighted by atomic mass is 15.3. The van der Waals surface area contributed by atoms with E-state index >= 15 is 0 Å². The van der Waals surface area contributed by atoms with Gasteiger partial charge in [-0.3, -0.25) is 13.2 Å². The Bertz CT molecular complexity index is 879. The first-order chi connectivity index (χ1) is 9.91. The molecule has 0 spiro atoms. The number of rotatable bonds is 0. The van der Waals surface area contributed by atoms with E-state index in [-0.39, 0.29) is 0 Å². The fraction of sp³-hybridized carbons (Fsp3) is 0.400. The topological polar surface area (TPSA) is 51.9 Å². The van der Waals surface area contributed by atoms with Gasteiger partial charge in [-0.15, -0.1) is 0 Å². The summed E-state index contributed by atoms with van der Waals surface area (Å²) in [7, 11) is 0. The van der Waals surface area contributed by atoms with Crippen LogP contribution in [0.1, 0.15) is 34.2 Å². The fourth-order valence-electron chi connectivity index (χ4n) is 2.95. The molecular weight excluding hydrogens is 264 g/mol. The van der Waals surface area contributed by atoms with Crippen LogP contribution in [0.5, 0.6) is 0 Å². The summed E-state index contributed by atoms with van der Waals surface area (Å²) in [6, 6.07) is 0. The van der Waals surface area contributed by atoms with Crippen LogP contribution in [0.4, 0.5) is 0 Å². The molecule has 0 amide bonds. The summed E-state index contributed by atoms with van der Waals surface area (Å²) in [6.45, 7) is 12.4. The number of hydrogen-bond acceptors (Lipinski definition) is 3. The van der Waals surface area contributed by atoms with Crippen molar-refractivity contribution >= 4 is 17.3 Å². The molecule has 4 aromatic heterocycles. The van der Waals surface area contributed by atoms with Gasteiger partial charge in [0.2, 0.25) is 17.3 Å². The van der Waals surface area contributed by atoms with E-state index in [2.05, 4.69) is 34.0 Å². The van der Waals surface area contributed by atoms with Gasteiger partial charge in [0.1, 0.15) is 0 Å². The van der Waals surface area contributed by atoms with Crippen LogP contribution in [0.2, 0.25) is 0 Å². The molecule has 4 rings (SSSR count). The first kappa shape index (κ1) is 12.4. The van der Waals surface area contributed by atoms with Crippen LogP contribution >= 0.6 is 0 Å². The van der Waals surface area contributed by atoms with Crippen molar-refractivity contribution in [2.75, 3.05) is 0 Å². The van der Waals surface area contributed by atoms with Crippen LogP contribution in [0.25, 0.3) is 17.3 Å². The molecule has 0 aliphatic carbocycles. The molecule has 6 heteroatoms. The molecule has 21 heavy (non-hydrogen) atoms. The summed E-state index contributed by atoms with van der Waals surface area (Å²) < 4.78 is 6.36. The molecule has 6 nitrogen and oxygen atoms in total. The van der Waals surface area contributed by atoms with Crippen molar-refractivity contribution in [1.29, 1.82) is 0 Å². The van der Waals surface area contributed by atoms with Gasteiger partial charge in [-0.25, -0.2) is 15.0 Å². The lowest BCUT2D eigenvalue weighted by Crippen LogP contribution is -2.06. The average molecular weight is 282 g/mol. The summed E-state index contributed by atoms with van der Waals surface area (Å²) in [6.07, 6.45) is 0. The van der Waals surface area contributed by atoms with Crippen molar-refractivity contribution < 1.29 is 0 Å². The predicted octanol–water partition coefficient (Wildman–Crippen LogP) is 2.48. The second-order valence-corrected chi connectivity index (χ2v) is 5.75.